The van der Waals surface area contributed by atoms with Gasteiger partial charge < -0.3 is 24.7 Å². The van der Waals surface area contributed by atoms with Crippen molar-refractivity contribution in [2.75, 3.05) is 33.4 Å². The quantitative estimate of drug-likeness (QED) is 0.472. The summed E-state index contributed by atoms with van der Waals surface area (Å²) in [6.07, 6.45) is 1.66. The van der Waals surface area contributed by atoms with Gasteiger partial charge in [-0.15, -0.1) is 0 Å². The van der Waals surface area contributed by atoms with Crippen molar-refractivity contribution in [2.45, 2.75) is 46.6 Å². The zero-order chi connectivity index (χ0) is 16.9. The van der Waals surface area contributed by atoms with Gasteiger partial charge in [0, 0.05) is 6.54 Å². The first-order chi connectivity index (χ1) is 9.60. The number of likely N-dealkylation sites (N-methyl/N-ethyl adjacent to an activating group) is 1. The van der Waals surface area contributed by atoms with E-state index in [0.29, 0.717) is 11.7 Å². The van der Waals surface area contributed by atoms with E-state index in [4.69, 9.17) is 9.84 Å². The molecule has 0 aliphatic heterocycles. The van der Waals surface area contributed by atoms with Crippen LogP contribution >= 0.6 is 0 Å². The maximum atomic E-state index is 9.63. The molecule has 0 amide bonds. The molecule has 0 saturated carbocycles. The number of hydrogen-bond acceptors (Lipinski definition) is 5. The molecule has 0 heterocycles. The Morgan fingerprint density at radius 2 is 1.86 bits per heavy atom. The highest BCUT2D eigenvalue weighted by atomic mass is 16.5. The third kappa shape index (κ3) is 17.0. The molecule has 0 atom stereocenters. The van der Waals surface area contributed by atoms with E-state index < -0.39 is 12.6 Å². The molecule has 0 fully saturated rings. The molecule has 0 unspecified atom stereocenters. The van der Waals surface area contributed by atoms with E-state index >= 15 is 0 Å². The van der Waals surface area contributed by atoms with E-state index in [1.807, 2.05) is 7.05 Å². The molecule has 0 spiro atoms. The van der Waals surface area contributed by atoms with Crippen molar-refractivity contribution < 1.29 is 24.2 Å². The van der Waals surface area contributed by atoms with E-state index in [1.54, 1.807) is 0 Å². The van der Waals surface area contributed by atoms with Gasteiger partial charge in [0.2, 0.25) is 0 Å². The number of carboxylic acids is 1. The van der Waals surface area contributed by atoms with Gasteiger partial charge in [-0.2, -0.15) is 0 Å². The summed E-state index contributed by atoms with van der Waals surface area (Å²) in [6, 6.07) is 0. The van der Waals surface area contributed by atoms with Crippen LogP contribution in [0, 0.1) is 5.41 Å². The predicted octanol–water partition coefficient (Wildman–Crippen LogP) is 1.72. The van der Waals surface area contributed by atoms with Crippen LogP contribution in [0.25, 0.3) is 0 Å². The first-order valence-corrected chi connectivity index (χ1v) is 7.12. The highest BCUT2D eigenvalue weighted by Gasteiger charge is 2.22. The fraction of sp³-hybridized carbons (Fsp3) is 0.867. The van der Waals surface area contributed by atoms with Crippen LogP contribution in [-0.2, 0) is 19.1 Å². The highest BCUT2D eigenvalue weighted by Crippen LogP contribution is 2.22. The second kappa shape index (κ2) is 11.7. The number of carbonyl (C=O) groups excluding carboxylic acids is 1. The first kappa shape index (κ1) is 22.3. The van der Waals surface area contributed by atoms with Gasteiger partial charge in [-0.05, 0) is 32.7 Å². The summed E-state index contributed by atoms with van der Waals surface area (Å²) in [4.78, 5) is 19.1. The molecule has 0 aromatic heterocycles. The van der Waals surface area contributed by atoms with Crippen LogP contribution < -0.4 is 5.32 Å². The van der Waals surface area contributed by atoms with Crippen LogP contribution in [-0.4, -0.2) is 56.4 Å². The Labute approximate surface area is 128 Å². The lowest BCUT2D eigenvalue weighted by Crippen LogP contribution is -2.38. The lowest BCUT2D eigenvalue weighted by Gasteiger charge is -2.31. The van der Waals surface area contributed by atoms with Crippen LogP contribution in [0.2, 0.25) is 0 Å². The molecule has 0 radical (unpaired) electrons. The maximum absolute atomic E-state index is 9.63. The summed E-state index contributed by atoms with van der Waals surface area (Å²) < 4.78 is 10.1. The number of carboxylic acid groups (broad SMARTS) is 1. The van der Waals surface area contributed by atoms with E-state index in [-0.39, 0.29) is 12.2 Å². The molecule has 2 N–H and O–H groups in total. The Hall–Kier alpha value is -0.980. The Bertz CT molecular complexity index is 290. The van der Waals surface area contributed by atoms with Crippen molar-refractivity contribution >= 4 is 12.3 Å². The summed E-state index contributed by atoms with van der Waals surface area (Å²) in [5.74, 6) is -1.06. The Balaban J connectivity index is 0. The van der Waals surface area contributed by atoms with Gasteiger partial charge in [-0.1, -0.05) is 20.8 Å². The number of aldehydes is 1. The third-order valence-electron chi connectivity index (χ3n) is 2.82. The molecule has 0 saturated heterocycles. The molecular weight excluding hydrogens is 274 g/mol. The second-order valence-corrected chi connectivity index (χ2v) is 6.17. The lowest BCUT2D eigenvalue weighted by atomic mass is 9.91. The summed E-state index contributed by atoms with van der Waals surface area (Å²) in [6.45, 7) is 12.1. The zero-order valence-corrected chi connectivity index (χ0v) is 14.2. The number of aliphatic carboxylic acids is 1. The average Bonchev–Trinajstić information content (AvgIpc) is 2.38. The van der Waals surface area contributed by atoms with Crippen LogP contribution in [0.4, 0.5) is 0 Å². The maximum Gasteiger partial charge on any atom is 0.329 e. The van der Waals surface area contributed by atoms with Crippen LogP contribution in [0.5, 0.6) is 0 Å². The molecule has 0 aromatic carbocycles. The summed E-state index contributed by atoms with van der Waals surface area (Å²) >= 11 is 0. The van der Waals surface area contributed by atoms with Crippen molar-refractivity contribution in [1.29, 1.82) is 0 Å². The van der Waals surface area contributed by atoms with Gasteiger partial charge in [0.05, 0.1) is 12.2 Å². The summed E-state index contributed by atoms with van der Waals surface area (Å²) in [5.41, 5.74) is 0.242. The minimum Gasteiger partial charge on any atom is -0.480 e. The standard InChI is InChI=1S/C11H25NO.C4H6O4/c1-7-10(2,3)9-13-11(4,5)8-12-6;5-1-2-8-3-4(6)7/h12H,7-9H2,1-6H3;1H,2-3H2,(H,6,7). The Kier molecular flexibility index (Phi) is 12.4. The van der Waals surface area contributed by atoms with Crippen molar-refractivity contribution in [3.63, 3.8) is 0 Å². The Morgan fingerprint density at radius 1 is 1.29 bits per heavy atom. The molecule has 126 valence electrons. The summed E-state index contributed by atoms with van der Waals surface area (Å²) in [5, 5.41) is 11.0. The fourth-order valence-electron chi connectivity index (χ4n) is 1.16. The minimum atomic E-state index is -1.06. The SMILES string of the molecule is CCC(C)(C)COC(C)(C)CNC.O=CCOCC(=O)O. The van der Waals surface area contributed by atoms with Crippen molar-refractivity contribution in [3.05, 3.63) is 0 Å². The molecular formula is C15H31NO5. The number of hydrogen-bond donors (Lipinski definition) is 2. The van der Waals surface area contributed by atoms with E-state index in [1.165, 1.54) is 0 Å². The largest absolute Gasteiger partial charge is 0.480 e. The molecule has 0 aromatic rings. The van der Waals surface area contributed by atoms with Crippen LogP contribution in [0.15, 0.2) is 0 Å². The summed E-state index contributed by atoms with van der Waals surface area (Å²) in [7, 11) is 1.95. The minimum absolute atomic E-state index is 0.0544. The molecule has 0 rings (SSSR count). The third-order valence-corrected chi connectivity index (χ3v) is 2.82. The van der Waals surface area contributed by atoms with Gasteiger partial charge in [0.15, 0.2) is 0 Å². The lowest BCUT2D eigenvalue weighted by molar-refractivity contribution is -0.142. The van der Waals surface area contributed by atoms with Crippen LogP contribution in [0.3, 0.4) is 0 Å². The smallest absolute Gasteiger partial charge is 0.329 e. The Morgan fingerprint density at radius 3 is 2.24 bits per heavy atom. The van der Waals surface area contributed by atoms with Crippen LogP contribution in [0.1, 0.15) is 41.0 Å². The van der Waals surface area contributed by atoms with Crippen molar-refractivity contribution in [1.82, 2.24) is 5.32 Å². The van der Waals surface area contributed by atoms with Gasteiger partial charge in [-0.25, -0.2) is 4.79 Å². The average molecular weight is 305 g/mol. The molecule has 0 aliphatic rings. The zero-order valence-electron chi connectivity index (χ0n) is 14.2. The number of rotatable bonds is 10. The van der Waals surface area contributed by atoms with Gasteiger partial charge >= 0.3 is 5.97 Å². The monoisotopic (exact) mass is 305 g/mol. The topological polar surface area (TPSA) is 84.9 Å². The first-order valence-electron chi connectivity index (χ1n) is 7.12. The molecule has 21 heavy (non-hydrogen) atoms. The predicted molar refractivity (Wildman–Crippen MR) is 82.5 cm³/mol. The van der Waals surface area contributed by atoms with Gasteiger partial charge in [-0.3, -0.25) is 0 Å². The van der Waals surface area contributed by atoms with E-state index in [0.717, 1.165) is 19.6 Å². The number of ether oxygens (including phenoxy) is 2. The molecule has 6 nitrogen and oxygen atoms in total. The fourth-order valence-corrected chi connectivity index (χ4v) is 1.16. The normalized spacial score (nSPS) is 11.5. The van der Waals surface area contributed by atoms with Crippen molar-refractivity contribution in [2.24, 2.45) is 5.41 Å². The molecule has 6 heteroatoms. The van der Waals surface area contributed by atoms with Crippen molar-refractivity contribution in [3.8, 4) is 0 Å². The number of nitrogens with one attached hydrogen (secondary N) is 1. The second-order valence-electron chi connectivity index (χ2n) is 6.17. The van der Waals surface area contributed by atoms with E-state index in [9.17, 15) is 9.59 Å². The van der Waals surface area contributed by atoms with Gasteiger partial charge in [0.1, 0.15) is 19.5 Å². The van der Waals surface area contributed by atoms with Gasteiger partial charge in [0.25, 0.3) is 0 Å². The molecule has 0 aliphatic carbocycles. The van der Waals surface area contributed by atoms with E-state index in [2.05, 4.69) is 44.7 Å². The highest BCUT2D eigenvalue weighted by molar-refractivity contribution is 5.68. The number of carbonyl (C=O) groups is 2. The molecule has 0 bridgehead atoms.